The molecule has 1 saturated carbocycles. The predicted molar refractivity (Wildman–Crippen MR) is 93.4 cm³/mol. The molecule has 1 atom stereocenters. The fraction of sp³-hybridized carbons (Fsp3) is 0.632. The second kappa shape index (κ2) is 7.93. The van der Waals surface area contributed by atoms with E-state index < -0.39 is 0 Å². The van der Waals surface area contributed by atoms with Crippen LogP contribution in [-0.2, 0) is 9.53 Å². The first kappa shape index (κ1) is 18.0. The maximum atomic E-state index is 12.8. The number of nitrogens with zero attached hydrogens (tertiary/aromatic N) is 1. The van der Waals surface area contributed by atoms with Gasteiger partial charge in [-0.3, -0.25) is 9.69 Å². The number of amides is 1. The first-order chi connectivity index (χ1) is 11.0. The van der Waals surface area contributed by atoms with Crippen LogP contribution >= 0.6 is 0 Å². The van der Waals surface area contributed by atoms with Crippen molar-refractivity contribution in [2.24, 2.45) is 5.41 Å². The Balaban J connectivity index is 2.03. The smallest absolute Gasteiger partial charge is 0.241 e. The zero-order chi connectivity index (χ0) is 16.9. The Labute approximate surface area is 140 Å². The molecule has 0 saturated heterocycles. The second-order valence-corrected chi connectivity index (χ2v) is 6.93. The van der Waals surface area contributed by atoms with E-state index in [9.17, 15) is 4.79 Å². The van der Waals surface area contributed by atoms with Crippen LogP contribution in [0.2, 0.25) is 0 Å². The van der Waals surface area contributed by atoms with Crippen LogP contribution in [0.15, 0.2) is 24.3 Å². The third kappa shape index (κ3) is 4.33. The summed E-state index contributed by atoms with van der Waals surface area (Å²) >= 11 is 0. The van der Waals surface area contributed by atoms with Gasteiger partial charge in [-0.25, -0.2) is 0 Å². The van der Waals surface area contributed by atoms with E-state index in [4.69, 9.17) is 4.74 Å². The van der Waals surface area contributed by atoms with Crippen molar-refractivity contribution in [1.29, 1.82) is 0 Å². The number of rotatable bonds is 8. The standard InChI is InChI=1S/C19H30N2O2/c1-5-23-14-19(11-8-12-19)13-20-18(22)17(21(3)4)16-10-7-6-9-15(16)2/h6-7,9-10,17H,5,8,11-14H2,1-4H3,(H,20,22). The van der Waals surface area contributed by atoms with E-state index in [1.807, 2.05) is 44.1 Å². The molecule has 0 heterocycles. The molecule has 1 unspecified atom stereocenters. The van der Waals surface area contributed by atoms with Gasteiger partial charge in [0.15, 0.2) is 0 Å². The molecule has 0 bridgehead atoms. The van der Waals surface area contributed by atoms with E-state index in [0.29, 0.717) is 6.54 Å². The minimum atomic E-state index is -0.250. The van der Waals surface area contributed by atoms with Crippen molar-refractivity contribution in [1.82, 2.24) is 10.2 Å². The fourth-order valence-electron chi connectivity index (χ4n) is 3.29. The number of hydrogen-bond acceptors (Lipinski definition) is 3. The molecule has 128 valence electrons. The highest BCUT2D eigenvalue weighted by Gasteiger charge is 2.38. The molecule has 1 amide bonds. The molecular formula is C19H30N2O2. The number of hydrogen-bond donors (Lipinski definition) is 1. The summed E-state index contributed by atoms with van der Waals surface area (Å²) in [6, 6.07) is 7.85. The largest absolute Gasteiger partial charge is 0.381 e. The molecule has 0 radical (unpaired) electrons. The third-order valence-electron chi connectivity index (χ3n) is 4.91. The number of nitrogens with one attached hydrogen (secondary N) is 1. The molecule has 1 aromatic rings. The molecule has 4 nitrogen and oxygen atoms in total. The zero-order valence-corrected chi connectivity index (χ0v) is 14.9. The Morgan fingerprint density at radius 2 is 2.04 bits per heavy atom. The van der Waals surface area contributed by atoms with Crippen LogP contribution in [-0.4, -0.2) is 44.7 Å². The molecule has 1 N–H and O–H groups in total. The number of ether oxygens (including phenoxy) is 1. The van der Waals surface area contributed by atoms with E-state index in [1.165, 1.54) is 6.42 Å². The maximum Gasteiger partial charge on any atom is 0.241 e. The lowest BCUT2D eigenvalue weighted by Crippen LogP contribution is -2.47. The number of aryl methyl sites for hydroxylation is 1. The van der Waals surface area contributed by atoms with Crippen molar-refractivity contribution in [3.05, 3.63) is 35.4 Å². The normalized spacial score (nSPS) is 17.6. The van der Waals surface area contributed by atoms with Crippen molar-refractivity contribution in [2.45, 2.75) is 39.2 Å². The van der Waals surface area contributed by atoms with Gasteiger partial charge in [0, 0.05) is 18.6 Å². The van der Waals surface area contributed by atoms with Gasteiger partial charge in [-0.1, -0.05) is 30.7 Å². The topological polar surface area (TPSA) is 41.6 Å². The second-order valence-electron chi connectivity index (χ2n) is 6.93. The summed E-state index contributed by atoms with van der Waals surface area (Å²) in [6.45, 7) is 6.27. The lowest BCUT2D eigenvalue weighted by Gasteiger charge is -2.42. The van der Waals surface area contributed by atoms with Crippen LogP contribution in [0.25, 0.3) is 0 Å². The van der Waals surface area contributed by atoms with Crippen LogP contribution in [0.3, 0.4) is 0 Å². The minimum Gasteiger partial charge on any atom is -0.381 e. The van der Waals surface area contributed by atoms with Gasteiger partial charge in [-0.05, 0) is 51.9 Å². The lowest BCUT2D eigenvalue weighted by molar-refractivity contribution is -0.127. The SMILES string of the molecule is CCOCC1(CNC(=O)C(c2ccccc2C)N(C)C)CCC1. The highest BCUT2D eigenvalue weighted by molar-refractivity contribution is 5.83. The fourth-order valence-corrected chi connectivity index (χ4v) is 3.29. The van der Waals surface area contributed by atoms with Crippen LogP contribution in [0.4, 0.5) is 0 Å². The quantitative estimate of drug-likeness (QED) is 0.801. The van der Waals surface area contributed by atoms with E-state index >= 15 is 0 Å². The Hall–Kier alpha value is -1.39. The molecule has 1 aliphatic carbocycles. The molecule has 0 aliphatic heterocycles. The van der Waals surface area contributed by atoms with Gasteiger partial charge in [0.05, 0.1) is 6.61 Å². The van der Waals surface area contributed by atoms with Gasteiger partial charge in [0.1, 0.15) is 6.04 Å². The van der Waals surface area contributed by atoms with Gasteiger partial charge < -0.3 is 10.1 Å². The zero-order valence-electron chi connectivity index (χ0n) is 14.9. The number of carbonyl (C=O) groups excluding carboxylic acids is 1. The summed E-state index contributed by atoms with van der Waals surface area (Å²) < 4.78 is 5.62. The third-order valence-corrected chi connectivity index (χ3v) is 4.91. The summed E-state index contributed by atoms with van der Waals surface area (Å²) in [5.41, 5.74) is 2.37. The van der Waals surface area contributed by atoms with Gasteiger partial charge in [0.25, 0.3) is 0 Å². The maximum absolute atomic E-state index is 12.8. The molecule has 0 spiro atoms. The average molecular weight is 318 g/mol. The predicted octanol–water partition coefficient (Wildman–Crippen LogP) is 2.92. The van der Waals surface area contributed by atoms with Crippen LogP contribution in [0, 0.1) is 12.3 Å². The average Bonchev–Trinajstić information content (AvgIpc) is 2.48. The van der Waals surface area contributed by atoms with Crippen molar-refractivity contribution < 1.29 is 9.53 Å². The lowest BCUT2D eigenvalue weighted by atomic mass is 9.69. The number of likely N-dealkylation sites (N-methyl/N-ethyl adjacent to an activating group) is 1. The van der Waals surface area contributed by atoms with Gasteiger partial charge in [0.2, 0.25) is 5.91 Å². The van der Waals surface area contributed by atoms with E-state index in [0.717, 1.165) is 37.2 Å². The Bertz CT molecular complexity index is 524. The minimum absolute atomic E-state index is 0.0760. The van der Waals surface area contributed by atoms with Gasteiger partial charge in [-0.15, -0.1) is 0 Å². The van der Waals surface area contributed by atoms with Crippen molar-refractivity contribution in [3.63, 3.8) is 0 Å². The van der Waals surface area contributed by atoms with Gasteiger partial charge in [-0.2, -0.15) is 0 Å². The molecule has 1 fully saturated rings. The molecule has 23 heavy (non-hydrogen) atoms. The van der Waals surface area contributed by atoms with Crippen molar-refractivity contribution in [3.8, 4) is 0 Å². The molecule has 1 aliphatic rings. The van der Waals surface area contributed by atoms with Crippen LogP contribution in [0.1, 0.15) is 43.4 Å². The summed E-state index contributed by atoms with van der Waals surface area (Å²) in [7, 11) is 3.91. The molecular weight excluding hydrogens is 288 g/mol. The summed E-state index contributed by atoms with van der Waals surface area (Å²) in [6.07, 6.45) is 3.52. The Morgan fingerprint density at radius 1 is 1.35 bits per heavy atom. The van der Waals surface area contributed by atoms with E-state index in [-0.39, 0.29) is 17.4 Å². The summed E-state index contributed by atoms with van der Waals surface area (Å²) in [5.74, 6) is 0.0760. The van der Waals surface area contributed by atoms with Gasteiger partial charge >= 0.3 is 0 Å². The molecule has 4 heteroatoms. The number of benzene rings is 1. The van der Waals surface area contributed by atoms with Crippen molar-refractivity contribution >= 4 is 5.91 Å². The first-order valence-corrected chi connectivity index (χ1v) is 8.56. The van der Waals surface area contributed by atoms with E-state index in [2.05, 4.69) is 18.3 Å². The Kier molecular flexibility index (Phi) is 6.19. The summed E-state index contributed by atoms with van der Waals surface area (Å²) in [4.78, 5) is 14.8. The van der Waals surface area contributed by atoms with Crippen LogP contribution < -0.4 is 5.32 Å². The Morgan fingerprint density at radius 3 is 2.57 bits per heavy atom. The van der Waals surface area contributed by atoms with Crippen molar-refractivity contribution in [2.75, 3.05) is 33.9 Å². The first-order valence-electron chi connectivity index (χ1n) is 8.56. The molecule has 2 rings (SSSR count). The highest BCUT2D eigenvalue weighted by Crippen LogP contribution is 2.40. The van der Waals surface area contributed by atoms with E-state index in [1.54, 1.807) is 0 Å². The number of carbonyl (C=O) groups is 1. The van der Waals surface area contributed by atoms with Crippen LogP contribution in [0.5, 0.6) is 0 Å². The molecule has 0 aromatic heterocycles. The monoisotopic (exact) mass is 318 g/mol. The molecule has 1 aromatic carbocycles. The summed E-state index contributed by atoms with van der Waals surface area (Å²) in [5, 5.41) is 3.18. The highest BCUT2D eigenvalue weighted by atomic mass is 16.5.